The van der Waals surface area contributed by atoms with Crippen LogP contribution in [0.3, 0.4) is 0 Å². The number of thioether (sulfide) groups is 1. The van der Waals surface area contributed by atoms with Crippen LogP contribution in [0.1, 0.15) is 43.2 Å². The third-order valence-electron chi connectivity index (χ3n) is 4.00. The molecule has 0 atom stereocenters. The summed E-state index contributed by atoms with van der Waals surface area (Å²) in [6, 6.07) is 9.33. The summed E-state index contributed by atoms with van der Waals surface area (Å²) in [6.07, 6.45) is 8.46. The van der Waals surface area contributed by atoms with E-state index in [1.165, 1.54) is 48.1 Å². The Labute approximate surface area is 107 Å². The van der Waals surface area contributed by atoms with Gasteiger partial charge in [0.1, 0.15) is 4.75 Å². The fourth-order valence-electron chi connectivity index (χ4n) is 2.73. The second-order valence-electron chi connectivity index (χ2n) is 5.20. The predicted molar refractivity (Wildman–Crippen MR) is 71.1 cm³/mol. The van der Waals surface area contributed by atoms with E-state index in [9.17, 15) is 5.26 Å². The zero-order chi connectivity index (χ0) is 11.7. The molecule has 1 fully saturated rings. The van der Waals surface area contributed by atoms with E-state index in [1.54, 1.807) is 11.8 Å². The van der Waals surface area contributed by atoms with Gasteiger partial charge in [-0.05, 0) is 68.2 Å². The molecule has 0 amide bonds. The van der Waals surface area contributed by atoms with E-state index in [0.717, 1.165) is 12.8 Å². The zero-order valence-corrected chi connectivity index (χ0v) is 10.9. The zero-order valence-electron chi connectivity index (χ0n) is 10.0. The maximum absolute atomic E-state index is 9.27. The van der Waals surface area contributed by atoms with Crippen LogP contribution in [-0.2, 0) is 12.8 Å². The van der Waals surface area contributed by atoms with Crippen LogP contribution in [0, 0.1) is 11.3 Å². The number of benzene rings is 1. The van der Waals surface area contributed by atoms with Gasteiger partial charge in [0.25, 0.3) is 0 Å². The average molecular weight is 243 g/mol. The number of nitriles is 1. The standard InChI is InChI=1S/C15H17NS/c16-11-15(8-3-9-15)17-14-7-6-12-4-1-2-5-13(12)10-14/h6-7,10H,1-5,8-9H2. The molecular formula is C15H17NS. The topological polar surface area (TPSA) is 23.8 Å². The Bertz CT molecular complexity index is 468. The summed E-state index contributed by atoms with van der Waals surface area (Å²) < 4.78 is -0.108. The van der Waals surface area contributed by atoms with Crippen LogP contribution in [0.15, 0.2) is 23.1 Å². The van der Waals surface area contributed by atoms with Gasteiger partial charge in [0.05, 0.1) is 6.07 Å². The number of hydrogen-bond acceptors (Lipinski definition) is 2. The second-order valence-corrected chi connectivity index (χ2v) is 6.66. The van der Waals surface area contributed by atoms with E-state index in [1.807, 2.05) is 0 Å². The first-order chi connectivity index (χ1) is 8.31. The number of fused-ring (bicyclic) bond motifs is 1. The first kappa shape index (κ1) is 11.2. The Morgan fingerprint density at radius 1 is 1.06 bits per heavy atom. The van der Waals surface area contributed by atoms with Crippen molar-refractivity contribution in [2.75, 3.05) is 0 Å². The summed E-state index contributed by atoms with van der Waals surface area (Å²) in [7, 11) is 0. The van der Waals surface area contributed by atoms with Gasteiger partial charge in [-0.3, -0.25) is 0 Å². The molecule has 1 aromatic carbocycles. The summed E-state index contributed by atoms with van der Waals surface area (Å²) in [6.45, 7) is 0. The van der Waals surface area contributed by atoms with Crippen LogP contribution in [0.4, 0.5) is 0 Å². The van der Waals surface area contributed by atoms with Crippen molar-refractivity contribution in [2.24, 2.45) is 0 Å². The van der Waals surface area contributed by atoms with Crippen LogP contribution in [0.2, 0.25) is 0 Å². The van der Waals surface area contributed by atoms with Gasteiger partial charge in [-0.25, -0.2) is 0 Å². The molecule has 1 saturated carbocycles. The van der Waals surface area contributed by atoms with Gasteiger partial charge in [-0.15, -0.1) is 11.8 Å². The third kappa shape index (κ3) is 2.09. The molecule has 0 unspecified atom stereocenters. The Morgan fingerprint density at radius 2 is 1.82 bits per heavy atom. The van der Waals surface area contributed by atoms with E-state index >= 15 is 0 Å². The molecule has 17 heavy (non-hydrogen) atoms. The molecule has 0 aliphatic heterocycles. The lowest BCUT2D eigenvalue weighted by Crippen LogP contribution is -2.31. The first-order valence-corrected chi connectivity index (χ1v) is 7.35. The molecule has 2 aliphatic rings. The molecule has 0 N–H and O–H groups in total. The highest BCUT2D eigenvalue weighted by Gasteiger charge is 2.38. The predicted octanol–water partition coefficient (Wildman–Crippen LogP) is 4.10. The SMILES string of the molecule is N#CC1(Sc2ccc3c(c2)CCCC3)CCC1. The van der Waals surface area contributed by atoms with Crippen molar-refractivity contribution in [1.29, 1.82) is 5.26 Å². The van der Waals surface area contributed by atoms with E-state index in [2.05, 4.69) is 24.3 Å². The van der Waals surface area contributed by atoms with Crippen molar-refractivity contribution >= 4 is 11.8 Å². The summed E-state index contributed by atoms with van der Waals surface area (Å²) in [4.78, 5) is 1.30. The Hall–Kier alpha value is -0.940. The maximum atomic E-state index is 9.27. The number of rotatable bonds is 2. The van der Waals surface area contributed by atoms with Gasteiger partial charge in [0.2, 0.25) is 0 Å². The van der Waals surface area contributed by atoms with Crippen molar-refractivity contribution in [3.63, 3.8) is 0 Å². The molecule has 2 aliphatic carbocycles. The summed E-state index contributed by atoms with van der Waals surface area (Å²) in [5, 5.41) is 9.27. The molecular weight excluding hydrogens is 226 g/mol. The minimum atomic E-state index is -0.108. The Morgan fingerprint density at radius 3 is 2.47 bits per heavy atom. The largest absolute Gasteiger partial charge is 0.197 e. The maximum Gasteiger partial charge on any atom is 0.107 e. The fourth-order valence-corrected chi connectivity index (χ4v) is 4.06. The first-order valence-electron chi connectivity index (χ1n) is 6.53. The van der Waals surface area contributed by atoms with Crippen molar-refractivity contribution in [2.45, 2.75) is 54.6 Å². The molecule has 1 nitrogen and oxygen atoms in total. The number of hydrogen-bond donors (Lipinski definition) is 0. The van der Waals surface area contributed by atoms with Gasteiger partial charge < -0.3 is 0 Å². The molecule has 3 rings (SSSR count). The lowest BCUT2D eigenvalue weighted by Gasteiger charge is -2.34. The number of aryl methyl sites for hydroxylation is 2. The molecule has 88 valence electrons. The van der Waals surface area contributed by atoms with Gasteiger partial charge in [-0.2, -0.15) is 5.26 Å². The Balaban J connectivity index is 1.82. The van der Waals surface area contributed by atoms with Gasteiger partial charge in [0, 0.05) is 4.90 Å². The highest BCUT2D eigenvalue weighted by molar-refractivity contribution is 8.01. The van der Waals surface area contributed by atoms with Crippen LogP contribution in [0.25, 0.3) is 0 Å². The van der Waals surface area contributed by atoms with Gasteiger partial charge >= 0.3 is 0 Å². The third-order valence-corrected chi connectivity index (χ3v) is 5.38. The molecule has 2 heteroatoms. The van der Waals surface area contributed by atoms with E-state index < -0.39 is 0 Å². The van der Waals surface area contributed by atoms with Crippen LogP contribution >= 0.6 is 11.8 Å². The molecule has 0 spiro atoms. The molecule has 0 heterocycles. The van der Waals surface area contributed by atoms with Crippen LogP contribution < -0.4 is 0 Å². The summed E-state index contributed by atoms with van der Waals surface area (Å²) in [5.74, 6) is 0. The number of nitrogens with zero attached hydrogens (tertiary/aromatic N) is 1. The second kappa shape index (κ2) is 4.38. The molecule has 0 aromatic heterocycles. The van der Waals surface area contributed by atoms with E-state index in [4.69, 9.17) is 0 Å². The normalized spacial score (nSPS) is 21.1. The van der Waals surface area contributed by atoms with Gasteiger partial charge in [-0.1, -0.05) is 6.07 Å². The highest BCUT2D eigenvalue weighted by atomic mass is 32.2. The minimum Gasteiger partial charge on any atom is -0.197 e. The lowest BCUT2D eigenvalue weighted by atomic mass is 9.86. The molecule has 0 radical (unpaired) electrons. The molecule has 0 saturated heterocycles. The van der Waals surface area contributed by atoms with Crippen molar-refractivity contribution < 1.29 is 0 Å². The molecule has 0 bridgehead atoms. The summed E-state index contributed by atoms with van der Waals surface area (Å²) >= 11 is 1.79. The van der Waals surface area contributed by atoms with Crippen molar-refractivity contribution in [1.82, 2.24) is 0 Å². The molecule has 1 aromatic rings. The van der Waals surface area contributed by atoms with Crippen molar-refractivity contribution in [3.8, 4) is 6.07 Å². The van der Waals surface area contributed by atoms with Crippen molar-refractivity contribution in [3.05, 3.63) is 29.3 Å². The average Bonchev–Trinajstić information content (AvgIpc) is 2.34. The quantitative estimate of drug-likeness (QED) is 0.780. The lowest BCUT2D eigenvalue weighted by molar-refractivity contribution is 0.440. The van der Waals surface area contributed by atoms with E-state index in [-0.39, 0.29) is 4.75 Å². The Kier molecular flexibility index (Phi) is 2.88. The smallest absolute Gasteiger partial charge is 0.107 e. The minimum absolute atomic E-state index is 0.108. The van der Waals surface area contributed by atoms with Crippen LogP contribution in [0.5, 0.6) is 0 Å². The van der Waals surface area contributed by atoms with Gasteiger partial charge in [0.15, 0.2) is 0 Å². The monoisotopic (exact) mass is 243 g/mol. The summed E-state index contributed by atoms with van der Waals surface area (Å²) in [5.41, 5.74) is 3.05. The fraction of sp³-hybridized carbons (Fsp3) is 0.533. The van der Waals surface area contributed by atoms with E-state index in [0.29, 0.717) is 0 Å². The highest BCUT2D eigenvalue weighted by Crippen LogP contribution is 2.47. The van der Waals surface area contributed by atoms with Crippen LogP contribution in [-0.4, -0.2) is 4.75 Å².